The van der Waals surface area contributed by atoms with E-state index in [2.05, 4.69) is 10.3 Å². The second-order valence-electron chi connectivity index (χ2n) is 5.15. The van der Waals surface area contributed by atoms with Gasteiger partial charge in [-0.15, -0.1) is 0 Å². The monoisotopic (exact) mass is 272 g/mol. The summed E-state index contributed by atoms with van der Waals surface area (Å²) < 4.78 is 19.0. The van der Waals surface area contributed by atoms with E-state index in [9.17, 15) is 4.39 Å². The van der Waals surface area contributed by atoms with E-state index in [1.165, 1.54) is 25.0 Å². The Morgan fingerprint density at radius 1 is 1.30 bits per heavy atom. The molecule has 3 rings (SSSR count). The first-order valence-corrected chi connectivity index (χ1v) is 6.83. The fraction of sp³-hybridized carbons (Fsp3) is 0.312. The van der Waals surface area contributed by atoms with Crippen molar-refractivity contribution in [2.45, 2.75) is 32.4 Å². The number of pyridine rings is 1. The van der Waals surface area contributed by atoms with Crippen LogP contribution < -0.4 is 10.1 Å². The van der Waals surface area contributed by atoms with Crippen molar-refractivity contribution >= 4 is 0 Å². The van der Waals surface area contributed by atoms with E-state index in [1.807, 2.05) is 13.0 Å². The summed E-state index contributed by atoms with van der Waals surface area (Å²) in [6, 6.07) is 8.86. The molecule has 1 saturated carbocycles. The Morgan fingerprint density at radius 3 is 2.95 bits per heavy atom. The van der Waals surface area contributed by atoms with Crippen molar-refractivity contribution in [3.8, 4) is 11.5 Å². The van der Waals surface area contributed by atoms with E-state index >= 15 is 0 Å². The molecule has 1 aliphatic carbocycles. The van der Waals surface area contributed by atoms with Crippen LogP contribution in [-0.2, 0) is 6.54 Å². The van der Waals surface area contributed by atoms with Gasteiger partial charge >= 0.3 is 0 Å². The van der Waals surface area contributed by atoms with Crippen LogP contribution in [0.25, 0.3) is 0 Å². The fourth-order valence-corrected chi connectivity index (χ4v) is 1.96. The predicted octanol–water partition coefficient (Wildman–Crippen LogP) is 3.57. The van der Waals surface area contributed by atoms with Crippen molar-refractivity contribution < 1.29 is 9.13 Å². The van der Waals surface area contributed by atoms with Crippen molar-refractivity contribution in [3.05, 3.63) is 53.6 Å². The summed E-state index contributed by atoms with van der Waals surface area (Å²) in [6.45, 7) is 2.63. The van der Waals surface area contributed by atoms with Crippen LogP contribution in [0.15, 0.2) is 36.5 Å². The number of rotatable bonds is 5. The molecule has 3 nitrogen and oxygen atoms in total. The number of aryl methyl sites for hydroxylation is 1. The van der Waals surface area contributed by atoms with Gasteiger partial charge in [0.05, 0.1) is 5.69 Å². The smallest absolute Gasteiger partial charge is 0.133 e. The number of hydrogen-bond donors (Lipinski definition) is 1. The van der Waals surface area contributed by atoms with Crippen molar-refractivity contribution in [2.24, 2.45) is 0 Å². The van der Waals surface area contributed by atoms with E-state index in [-0.39, 0.29) is 5.82 Å². The lowest BCUT2D eigenvalue weighted by Gasteiger charge is -2.10. The third-order valence-corrected chi connectivity index (χ3v) is 3.32. The van der Waals surface area contributed by atoms with E-state index in [0.29, 0.717) is 17.5 Å². The van der Waals surface area contributed by atoms with E-state index in [0.717, 1.165) is 17.8 Å². The minimum absolute atomic E-state index is 0.296. The molecule has 2 aromatic rings. The maximum absolute atomic E-state index is 13.2. The molecule has 20 heavy (non-hydrogen) atoms. The highest BCUT2D eigenvalue weighted by atomic mass is 19.1. The average Bonchev–Trinajstić information content (AvgIpc) is 3.25. The van der Waals surface area contributed by atoms with Crippen LogP contribution in [0.5, 0.6) is 11.5 Å². The Balaban J connectivity index is 1.72. The van der Waals surface area contributed by atoms with Gasteiger partial charge in [-0.1, -0.05) is 6.07 Å². The Hall–Kier alpha value is -1.94. The molecule has 0 amide bonds. The second kappa shape index (κ2) is 5.59. The Bertz CT molecular complexity index is 611. The number of aromatic nitrogens is 1. The van der Waals surface area contributed by atoms with Gasteiger partial charge in [0.15, 0.2) is 0 Å². The van der Waals surface area contributed by atoms with Crippen molar-refractivity contribution in [1.82, 2.24) is 10.3 Å². The Labute approximate surface area is 117 Å². The van der Waals surface area contributed by atoms with Crippen molar-refractivity contribution in [3.63, 3.8) is 0 Å². The highest BCUT2D eigenvalue weighted by molar-refractivity contribution is 5.37. The zero-order chi connectivity index (χ0) is 13.9. The van der Waals surface area contributed by atoms with Gasteiger partial charge in [0.25, 0.3) is 0 Å². The topological polar surface area (TPSA) is 34.1 Å². The van der Waals surface area contributed by atoms with Gasteiger partial charge < -0.3 is 10.1 Å². The molecule has 1 heterocycles. The largest absolute Gasteiger partial charge is 0.457 e. The summed E-state index contributed by atoms with van der Waals surface area (Å²) in [5.74, 6) is 0.925. The van der Waals surface area contributed by atoms with E-state index in [4.69, 9.17) is 4.74 Å². The van der Waals surface area contributed by atoms with Crippen LogP contribution >= 0.6 is 0 Å². The molecule has 0 atom stereocenters. The third kappa shape index (κ3) is 3.33. The average molecular weight is 272 g/mol. The molecule has 1 aromatic heterocycles. The molecule has 0 aliphatic heterocycles. The van der Waals surface area contributed by atoms with Gasteiger partial charge in [-0.3, -0.25) is 4.98 Å². The van der Waals surface area contributed by atoms with Crippen LogP contribution in [0.1, 0.15) is 24.1 Å². The molecular weight excluding hydrogens is 255 g/mol. The van der Waals surface area contributed by atoms with Gasteiger partial charge in [0.1, 0.15) is 17.3 Å². The zero-order valence-corrected chi connectivity index (χ0v) is 11.4. The third-order valence-electron chi connectivity index (χ3n) is 3.32. The second-order valence-corrected chi connectivity index (χ2v) is 5.15. The summed E-state index contributed by atoms with van der Waals surface area (Å²) >= 11 is 0. The predicted molar refractivity (Wildman–Crippen MR) is 75.3 cm³/mol. The van der Waals surface area contributed by atoms with Crippen molar-refractivity contribution in [2.75, 3.05) is 0 Å². The Kier molecular flexibility index (Phi) is 3.65. The van der Waals surface area contributed by atoms with E-state index in [1.54, 1.807) is 18.3 Å². The normalized spacial score (nSPS) is 14.3. The zero-order valence-electron chi connectivity index (χ0n) is 11.4. The minimum atomic E-state index is -0.296. The van der Waals surface area contributed by atoms with Gasteiger partial charge in [0.2, 0.25) is 0 Å². The highest BCUT2D eigenvalue weighted by Gasteiger charge is 2.20. The van der Waals surface area contributed by atoms with Crippen molar-refractivity contribution in [1.29, 1.82) is 0 Å². The summed E-state index contributed by atoms with van der Waals surface area (Å²) in [5, 5.41) is 3.41. The Morgan fingerprint density at radius 2 is 2.15 bits per heavy atom. The number of nitrogens with one attached hydrogen (secondary N) is 1. The number of ether oxygens (including phenoxy) is 1. The van der Waals surface area contributed by atoms with Crippen LogP contribution in [0.3, 0.4) is 0 Å². The first kappa shape index (κ1) is 13.1. The maximum Gasteiger partial charge on any atom is 0.133 e. The fourth-order valence-electron chi connectivity index (χ4n) is 1.96. The summed E-state index contributed by atoms with van der Waals surface area (Å²) in [7, 11) is 0. The van der Waals surface area contributed by atoms with Crippen LogP contribution in [0.4, 0.5) is 4.39 Å². The minimum Gasteiger partial charge on any atom is -0.457 e. The quantitative estimate of drug-likeness (QED) is 0.903. The van der Waals surface area contributed by atoms with Gasteiger partial charge in [-0.05, 0) is 37.5 Å². The van der Waals surface area contributed by atoms with Gasteiger partial charge in [-0.2, -0.15) is 0 Å². The number of nitrogens with zero attached hydrogens (tertiary/aromatic N) is 1. The molecule has 0 bridgehead atoms. The summed E-state index contributed by atoms with van der Waals surface area (Å²) in [4.78, 5) is 4.30. The summed E-state index contributed by atoms with van der Waals surface area (Å²) in [6.07, 6.45) is 4.21. The highest BCUT2D eigenvalue weighted by Crippen LogP contribution is 2.26. The summed E-state index contributed by atoms with van der Waals surface area (Å²) in [5.41, 5.74) is 1.84. The van der Waals surface area contributed by atoms with E-state index < -0.39 is 0 Å². The molecule has 1 N–H and O–H groups in total. The lowest BCUT2D eigenvalue weighted by atomic mass is 10.2. The first-order chi connectivity index (χ1) is 9.70. The lowest BCUT2D eigenvalue weighted by molar-refractivity contribution is 0.470. The molecule has 0 unspecified atom stereocenters. The van der Waals surface area contributed by atoms with Crippen LogP contribution in [0, 0.1) is 12.7 Å². The molecule has 1 aromatic carbocycles. The van der Waals surface area contributed by atoms with Crippen LogP contribution in [0.2, 0.25) is 0 Å². The molecule has 1 fully saturated rings. The number of hydrogen-bond acceptors (Lipinski definition) is 3. The molecule has 0 radical (unpaired) electrons. The van der Waals surface area contributed by atoms with Gasteiger partial charge in [0, 0.05) is 30.9 Å². The SMILES string of the molecule is Cc1ccc(F)cc1Oc1ccnc(CNC2CC2)c1. The molecular formula is C16H17FN2O. The number of halogens is 1. The molecule has 104 valence electrons. The molecule has 1 aliphatic rings. The van der Waals surface area contributed by atoms with Crippen LogP contribution in [-0.4, -0.2) is 11.0 Å². The molecule has 0 spiro atoms. The first-order valence-electron chi connectivity index (χ1n) is 6.83. The maximum atomic E-state index is 13.2. The molecule has 4 heteroatoms. The van der Waals surface area contributed by atoms with Gasteiger partial charge in [-0.25, -0.2) is 4.39 Å². The molecule has 0 saturated heterocycles. The number of benzene rings is 1. The standard InChI is InChI=1S/C16H17FN2O/c1-11-2-3-12(17)8-16(11)20-15-6-7-18-14(9-15)10-19-13-4-5-13/h2-3,6-9,13,19H,4-5,10H2,1H3. The lowest BCUT2D eigenvalue weighted by Crippen LogP contribution is -2.16.